The second-order valence-electron chi connectivity index (χ2n) is 8.20. The van der Waals surface area contributed by atoms with Crippen molar-refractivity contribution in [1.29, 1.82) is 0 Å². The van der Waals surface area contributed by atoms with E-state index in [1.54, 1.807) is 23.1 Å². The first kappa shape index (κ1) is 29.1. The number of anilines is 2. The van der Waals surface area contributed by atoms with Crippen LogP contribution in [0, 0.1) is 0 Å². The lowest BCUT2D eigenvalue weighted by Crippen LogP contribution is -2.54. The monoisotopic (exact) mass is 560 g/mol. The predicted molar refractivity (Wildman–Crippen MR) is 141 cm³/mol. The largest absolute Gasteiger partial charge is 0.492 e. The van der Waals surface area contributed by atoms with Gasteiger partial charge in [-0.15, -0.1) is 16.3 Å². The lowest BCUT2D eigenvalue weighted by Gasteiger charge is -2.38. The molecule has 2 aromatic carbocycles. The fourth-order valence-electron chi connectivity index (χ4n) is 3.49. The summed E-state index contributed by atoms with van der Waals surface area (Å²) in [5, 5.41) is 3.01. The molecule has 0 aromatic heterocycles. The highest BCUT2D eigenvalue weighted by molar-refractivity contribution is 7.86. The highest BCUT2D eigenvalue weighted by atomic mass is 35.5. The van der Waals surface area contributed by atoms with Crippen LogP contribution in [0.3, 0.4) is 0 Å². The number of ether oxygens (including phenoxy) is 1. The van der Waals surface area contributed by atoms with Gasteiger partial charge in [0.15, 0.2) is 0 Å². The number of carbonyl (C=O) groups is 1. The highest BCUT2D eigenvalue weighted by Gasteiger charge is 2.33. The maximum atomic E-state index is 12.9. The van der Waals surface area contributed by atoms with Crippen molar-refractivity contribution in [3.8, 4) is 5.75 Å². The number of nitrogens with zero attached hydrogens (tertiary/aromatic N) is 3. The van der Waals surface area contributed by atoms with Crippen LogP contribution >= 0.6 is 24.0 Å². The third-order valence-corrected chi connectivity index (χ3v) is 6.17. The number of hydrogen-bond acceptors (Lipinski definition) is 9. The summed E-state index contributed by atoms with van der Waals surface area (Å²) in [5.41, 5.74) is 12.1. The van der Waals surface area contributed by atoms with E-state index < -0.39 is 20.8 Å². The average Bonchev–Trinajstić information content (AvgIpc) is 2.73. The number of unbranched alkanes of at least 4 members (excludes halogenated alkanes) is 1. The van der Waals surface area contributed by atoms with Gasteiger partial charge in [0.25, 0.3) is 0 Å². The fourth-order valence-corrected chi connectivity index (χ4v) is 4.18. The molecule has 36 heavy (non-hydrogen) atoms. The number of rotatable bonds is 9. The number of hydrogen-bond donors (Lipinski definition) is 3. The lowest BCUT2D eigenvalue weighted by atomic mass is 10.1. The minimum Gasteiger partial charge on any atom is -0.492 e. The summed E-state index contributed by atoms with van der Waals surface area (Å²) in [4.78, 5) is 21.6. The van der Waals surface area contributed by atoms with Gasteiger partial charge < -0.3 is 21.5 Å². The lowest BCUT2D eigenvalue weighted by molar-refractivity contribution is -0.116. The van der Waals surface area contributed by atoms with Crippen molar-refractivity contribution in [3.63, 3.8) is 0 Å². The van der Waals surface area contributed by atoms with Crippen LogP contribution in [0.5, 0.6) is 5.75 Å². The van der Waals surface area contributed by atoms with Gasteiger partial charge in [0, 0.05) is 17.8 Å². The number of nitrogens with two attached hydrogens (primary N) is 2. The first-order valence-electron chi connectivity index (χ1n) is 10.6. The van der Waals surface area contributed by atoms with Crippen molar-refractivity contribution in [2.75, 3.05) is 16.8 Å². The maximum Gasteiger partial charge on any atom is 0.332 e. The van der Waals surface area contributed by atoms with Gasteiger partial charge in [0.2, 0.25) is 17.8 Å². The summed E-state index contributed by atoms with van der Waals surface area (Å²) in [6.07, 6.45) is 1.37. The van der Waals surface area contributed by atoms with Crippen molar-refractivity contribution >= 4 is 63.4 Å². The van der Waals surface area contributed by atoms with Crippen molar-refractivity contribution < 1.29 is 21.8 Å². The molecule has 0 aliphatic carbocycles. The van der Waals surface area contributed by atoms with E-state index in [2.05, 4.69) is 15.3 Å². The van der Waals surface area contributed by atoms with E-state index in [-0.39, 0.29) is 36.7 Å². The molecule has 2 aromatic rings. The van der Waals surface area contributed by atoms with Gasteiger partial charge >= 0.3 is 10.2 Å². The molecule has 0 atom stereocenters. The molecule has 0 radical (unpaired) electrons. The molecule has 1 aliphatic rings. The Morgan fingerprint density at radius 1 is 1.17 bits per heavy atom. The Morgan fingerprint density at radius 2 is 1.83 bits per heavy atom. The minimum absolute atomic E-state index is 0. The predicted octanol–water partition coefficient (Wildman–Crippen LogP) is 3.79. The number of amides is 1. The van der Waals surface area contributed by atoms with Crippen molar-refractivity contribution in [3.05, 3.63) is 47.5 Å². The summed E-state index contributed by atoms with van der Waals surface area (Å²) >= 11 is 6.39. The molecule has 10 nitrogen and oxygen atoms in total. The normalized spacial score (nSPS) is 14.8. The smallest absolute Gasteiger partial charge is 0.332 e. The van der Waals surface area contributed by atoms with Gasteiger partial charge in [-0.3, -0.25) is 9.69 Å². The van der Waals surface area contributed by atoms with Crippen molar-refractivity contribution in [2.45, 2.75) is 43.7 Å². The third-order valence-electron chi connectivity index (χ3n) is 5.04. The number of guanidine groups is 2. The van der Waals surface area contributed by atoms with Crippen LogP contribution in [0.1, 0.15) is 33.1 Å². The van der Waals surface area contributed by atoms with Crippen LogP contribution in [0.4, 0.5) is 15.3 Å². The molecule has 196 valence electrons. The molecule has 0 fully saturated rings. The van der Waals surface area contributed by atoms with Gasteiger partial charge in [-0.1, -0.05) is 11.6 Å². The zero-order valence-electron chi connectivity index (χ0n) is 19.6. The molecular weight excluding hydrogens is 534 g/mol. The number of carbonyl (C=O) groups excluding carboxylic acids is 1. The highest BCUT2D eigenvalue weighted by Crippen LogP contribution is 2.34. The minimum atomic E-state index is -4.77. The van der Waals surface area contributed by atoms with E-state index in [1.165, 1.54) is 12.1 Å². The second kappa shape index (κ2) is 11.8. The van der Waals surface area contributed by atoms with E-state index in [0.29, 0.717) is 41.6 Å². The number of benzene rings is 2. The third kappa shape index (κ3) is 7.45. The topological polar surface area (TPSA) is 152 Å². The molecule has 0 saturated heterocycles. The van der Waals surface area contributed by atoms with Crippen LogP contribution in [0.25, 0.3) is 0 Å². The molecule has 1 aliphatic heterocycles. The summed E-state index contributed by atoms with van der Waals surface area (Å²) in [6.45, 7) is 4.04. The van der Waals surface area contributed by atoms with E-state index in [4.69, 9.17) is 27.8 Å². The van der Waals surface area contributed by atoms with Gasteiger partial charge in [-0.05, 0) is 69.2 Å². The summed E-state index contributed by atoms with van der Waals surface area (Å²) in [7, 11) is -4.77. The molecule has 0 saturated carbocycles. The Balaban J connectivity index is 0.00000456. The Labute approximate surface area is 220 Å². The first-order valence-corrected chi connectivity index (χ1v) is 12.4. The van der Waals surface area contributed by atoms with Crippen molar-refractivity contribution in [2.24, 2.45) is 21.5 Å². The van der Waals surface area contributed by atoms with Gasteiger partial charge in [-0.2, -0.15) is 13.4 Å². The van der Waals surface area contributed by atoms with E-state index in [0.717, 1.165) is 12.1 Å². The van der Waals surface area contributed by atoms with Gasteiger partial charge in [-0.25, -0.2) is 4.99 Å². The first-order chi connectivity index (χ1) is 16.4. The molecule has 14 heteroatoms. The van der Waals surface area contributed by atoms with Crippen LogP contribution in [-0.2, 0) is 15.0 Å². The second-order valence-corrected chi connectivity index (χ2v) is 9.95. The fraction of sp³-hybridized carbons (Fsp3) is 0.318. The zero-order chi connectivity index (χ0) is 25.8. The molecule has 0 bridgehead atoms. The van der Waals surface area contributed by atoms with Gasteiger partial charge in [0.1, 0.15) is 11.4 Å². The van der Waals surface area contributed by atoms with Gasteiger partial charge in [0.05, 0.1) is 16.5 Å². The van der Waals surface area contributed by atoms with Crippen molar-refractivity contribution in [1.82, 2.24) is 0 Å². The van der Waals surface area contributed by atoms with E-state index in [1.807, 2.05) is 13.8 Å². The zero-order valence-corrected chi connectivity index (χ0v) is 22.0. The van der Waals surface area contributed by atoms with E-state index >= 15 is 0 Å². The number of aliphatic imine (C=N–C) groups is 2. The molecule has 5 N–H and O–H groups in total. The molecule has 0 spiro atoms. The Bertz CT molecular complexity index is 1270. The Morgan fingerprint density at radius 3 is 2.42 bits per heavy atom. The maximum absolute atomic E-state index is 12.9. The molecule has 1 amide bonds. The van der Waals surface area contributed by atoms with E-state index in [9.17, 15) is 17.1 Å². The number of halogens is 3. The molecule has 3 rings (SSSR count). The molecular formula is C22H27Cl2FN6O4S. The Kier molecular flexibility index (Phi) is 9.52. The number of nitrogens with one attached hydrogen (secondary N) is 1. The summed E-state index contributed by atoms with van der Waals surface area (Å²) in [6, 6.07) is 10.0. The van der Waals surface area contributed by atoms with Crippen LogP contribution in [0.2, 0.25) is 5.02 Å². The van der Waals surface area contributed by atoms with Crippen LogP contribution < -0.4 is 26.4 Å². The summed E-state index contributed by atoms with van der Waals surface area (Å²) in [5.74, 6) is 0.536. The molecule has 1 heterocycles. The SMILES string of the molecule is CC1(C)N=C(N)N=C(N)N1c1ccc(OCCCCC(=O)Nc2ccc(S(=O)(=O)F)cc2)c(Cl)c1.Cl. The quantitative estimate of drug-likeness (QED) is 0.311. The molecule has 0 unspecified atom stereocenters. The van der Waals surface area contributed by atoms with Crippen LogP contribution in [-0.4, -0.2) is 38.5 Å². The Hall–Kier alpha value is -3.09. The summed E-state index contributed by atoms with van der Waals surface area (Å²) < 4.78 is 40.3. The average molecular weight is 561 g/mol. The van der Waals surface area contributed by atoms with Crippen LogP contribution in [0.15, 0.2) is 57.3 Å². The standard InChI is InChI=1S/C22H26ClFN6O4S.ClH/c1-22(2)29-20(25)28-21(26)30(22)15-8-11-18(17(23)13-15)34-12-4-3-5-19(31)27-14-6-9-16(10-7-14)35(24,32)33;/h6-11,13H,3-5,12H2,1-2H3,(H,27,31)(H4,25,26,28,29);1H.